The van der Waals surface area contributed by atoms with Crippen LogP contribution in [0.25, 0.3) is 0 Å². The summed E-state index contributed by atoms with van der Waals surface area (Å²) < 4.78 is 39.4. The van der Waals surface area contributed by atoms with Crippen LogP contribution in [-0.2, 0) is 17.5 Å². The highest BCUT2D eigenvalue weighted by molar-refractivity contribution is 5.89. The lowest BCUT2D eigenvalue weighted by molar-refractivity contribution is -0.684. The maximum absolute atomic E-state index is 12.6. The molecule has 2 rings (SSSR count). The number of alkyl halides is 3. The summed E-state index contributed by atoms with van der Waals surface area (Å²) in [6, 6.07) is 8.25. The van der Waals surface area contributed by atoms with E-state index in [0.29, 0.717) is 0 Å². The second-order valence-electron chi connectivity index (χ2n) is 4.68. The number of aryl methyl sites for hydroxylation is 1. The van der Waals surface area contributed by atoms with Crippen LogP contribution >= 0.6 is 0 Å². The number of nitrogens with one attached hydrogen (secondary N) is 1. The number of halogens is 3. The molecule has 0 saturated carbocycles. The number of benzene rings is 1. The van der Waals surface area contributed by atoms with Gasteiger partial charge in [-0.2, -0.15) is 17.7 Å². The van der Waals surface area contributed by atoms with Gasteiger partial charge in [0, 0.05) is 17.3 Å². The van der Waals surface area contributed by atoms with Crippen LogP contribution in [0.15, 0.2) is 48.8 Å². The minimum Gasteiger partial charge on any atom is -0.321 e. The number of hydrogen-bond donors (Lipinski definition) is 1. The van der Waals surface area contributed by atoms with E-state index in [1.165, 1.54) is 12.1 Å². The number of nitrogens with zero attached hydrogens (tertiary/aromatic N) is 1. The summed E-state index contributed by atoms with van der Waals surface area (Å²) in [5, 5.41) is 2.46. The molecular formula is C15H14F3N2O+. The minimum absolute atomic E-state index is 0.0396. The molecule has 0 aliphatic heterocycles. The molecule has 1 heterocycles. The first-order valence-corrected chi connectivity index (χ1v) is 6.27. The first kappa shape index (κ1) is 15.0. The zero-order chi connectivity index (χ0) is 15.5. The van der Waals surface area contributed by atoms with Crippen LogP contribution in [0.2, 0.25) is 0 Å². The summed E-state index contributed by atoms with van der Waals surface area (Å²) >= 11 is 0. The van der Waals surface area contributed by atoms with E-state index < -0.39 is 11.7 Å². The zero-order valence-electron chi connectivity index (χ0n) is 11.3. The lowest BCUT2D eigenvalue weighted by Gasteiger charge is -2.09. The van der Waals surface area contributed by atoms with Gasteiger partial charge in [-0.25, -0.2) is 0 Å². The average molecular weight is 295 g/mol. The molecular weight excluding hydrogens is 281 g/mol. The van der Waals surface area contributed by atoms with E-state index in [0.717, 1.165) is 17.7 Å². The zero-order valence-corrected chi connectivity index (χ0v) is 11.3. The topological polar surface area (TPSA) is 33.0 Å². The van der Waals surface area contributed by atoms with Crippen molar-refractivity contribution in [3.05, 3.63) is 59.9 Å². The molecule has 0 spiro atoms. The first-order chi connectivity index (χ1) is 9.84. The maximum Gasteiger partial charge on any atom is 0.416 e. The van der Waals surface area contributed by atoms with Crippen LogP contribution in [0, 0.1) is 6.92 Å². The molecule has 21 heavy (non-hydrogen) atoms. The van der Waals surface area contributed by atoms with Crippen molar-refractivity contribution in [3.8, 4) is 0 Å². The average Bonchev–Trinajstić information content (AvgIpc) is 2.37. The molecule has 1 amide bonds. The Bertz CT molecular complexity index is 653. The monoisotopic (exact) mass is 295 g/mol. The van der Waals surface area contributed by atoms with Crippen LogP contribution in [0.3, 0.4) is 0 Å². The van der Waals surface area contributed by atoms with E-state index in [4.69, 9.17) is 0 Å². The van der Waals surface area contributed by atoms with Gasteiger partial charge >= 0.3 is 6.18 Å². The smallest absolute Gasteiger partial charge is 0.321 e. The predicted octanol–water partition coefficient (Wildman–Crippen LogP) is 2.94. The quantitative estimate of drug-likeness (QED) is 0.868. The Morgan fingerprint density at radius 1 is 1.24 bits per heavy atom. The number of anilines is 1. The number of amides is 1. The maximum atomic E-state index is 12.6. The van der Waals surface area contributed by atoms with Gasteiger partial charge in [-0.1, -0.05) is 6.07 Å². The molecule has 1 aromatic heterocycles. The third kappa shape index (κ3) is 4.30. The highest BCUT2D eigenvalue weighted by Gasteiger charge is 2.30. The van der Waals surface area contributed by atoms with E-state index in [1.54, 1.807) is 23.0 Å². The SMILES string of the molecule is Cc1ccc[n+](CC(=O)Nc2cccc(C(F)(F)F)c2)c1. The molecule has 0 bridgehead atoms. The van der Waals surface area contributed by atoms with Crippen LogP contribution in [-0.4, -0.2) is 5.91 Å². The predicted molar refractivity (Wildman–Crippen MR) is 71.4 cm³/mol. The second kappa shape index (κ2) is 5.95. The minimum atomic E-state index is -4.42. The first-order valence-electron chi connectivity index (χ1n) is 6.27. The number of carbonyl (C=O) groups is 1. The Kier molecular flexibility index (Phi) is 4.26. The molecule has 110 valence electrons. The van der Waals surface area contributed by atoms with Crippen molar-refractivity contribution in [1.82, 2.24) is 0 Å². The van der Waals surface area contributed by atoms with Gasteiger partial charge in [-0.15, -0.1) is 0 Å². The molecule has 0 radical (unpaired) electrons. The number of carbonyl (C=O) groups excluding carboxylic acids is 1. The number of aromatic nitrogens is 1. The fraction of sp³-hybridized carbons (Fsp3) is 0.200. The molecule has 0 fully saturated rings. The van der Waals surface area contributed by atoms with E-state index in [9.17, 15) is 18.0 Å². The Labute approximate surface area is 120 Å². The van der Waals surface area contributed by atoms with Crippen molar-refractivity contribution < 1.29 is 22.5 Å². The van der Waals surface area contributed by atoms with E-state index in [-0.39, 0.29) is 18.1 Å². The second-order valence-corrected chi connectivity index (χ2v) is 4.68. The molecule has 0 unspecified atom stereocenters. The molecule has 1 aromatic carbocycles. The van der Waals surface area contributed by atoms with Crippen LogP contribution < -0.4 is 9.88 Å². The lowest BCUT2D eigenvalue weighted by atomic mass is 10.2. The molecule has 0 saturated heterocycles. The van der Waals surface area contributed by atoms with Crippen molar-refractivity contribution >= 4 is 11.6 Å². The van der Waals surface area contributed by atoms with E-state index in [2.05, 4.69) is 5.32 Å². The summed E-state index contributed by atoms with van der Waals surface area (Å²) in [5.74, 6) is -0.384. The van der Waals surface area contributed by atoms with Gasteiger partial charge in [0.2, 0.25) is 6.54 Å². The standard InChI is InChI=1S/C15H13F3N2O/c1-11-4-3-7-20(9-11)10-14(21)19-13-6-2-5-12(8-13)15(16,17)18/h2-9H,10H2,1H3/p+1. The Morgan fingerprint density at radius 3 is 2.67 bits per heavy atom. The van der Waals surface area contributed by atoms with E-state index in [1.807, 2.05) is 13.0 Å². The van der Waals surface area contributed by atoms with Gasteiger partial charge in [0.15, 0.2) is 12.4 Å². The Hall–Kier alpha value is -2.37. The van der Waals surface area contributed by atoms with Crippen molar-refractivity contribution in [2.45, 2.75) is 19.6 Å². The van der Waals surface area contributed by atoms with Gasteiger partial charge in [0.05, 0.1) is 5.56 Å². The van der Waals surface area contributed by atoms with Gasteiger partial charge in [-0.3, -0.25) is 4.79 Å². The molecule has 0 atom stereocenters. The van der Waals surface area contributed by atoms with Crippen LogP contribution in [0.4, 0.5) is 18.9 Å². The molecule has 0 aliphatic rings. The number of pyridine rings is 1. The van der Waals surface area contributed by atoms with Crippen LogP contribution in [0.1, 0.15) is 11.1 Å². The van der Waals surface area contributed by atoms with Crippen molar-refractivity contribution in [1.29, 1.82) is 0 Å². The number of hydrogen-bond acceptors (Lipinski definition) is 1. The Balaban J connectivity index is 2.06. The summed E-state index contributed by atoms with van der Waals surface area (Å²) in [6.45, 7) is 1.93. The summed E-state index contributed by atoms with van der Waals surface area (Å²) in [7, 11) is 0. The fourth-order valence-corrected chi connectivity index (χ4v) is 1.89. The van der Waals surface area contributed by atoms with Crippen molar-refractivity contribution in [3.63, 3.8) is 0 Å². The third-order valence-electron chi connectivity index (χ3n) is 2.81. The molecule has 0 aliphatic carbocycles. The summed E-state index contributed by atoms with van der Waals surface area (Å²) in [6.07, 6.45) is -0.920. The molecule has 2 aromatic rings. The van der Waals surface area contributed by atoms with E-state index >= 15 is 0 Å². The molecule has 3 nitrogen and oxygen atoms in total. The fourth-order valence-electron chi connectivity index (χ4n) is 1.89. The largest absolute Gasteiger partial charge is 0.416 e. The van der Waals surface area contributed by atoms with Crippen molar-refractivity contribution in [2.24, 2.45) is 0 Å². The van der Waals surface area contributed by atoms with Gasteiger partial charge in [0.1, 0.15) is 0 Å². The molecule has 1 N–H and O–H groups in total. The van der Waals surface area contributed by atoms with Gasteiger partial charge in [0.25, 0.3) is 5.91 Å². The lowest BCUT2D eigenvalue weighted by Crippen LogP contribution is -2.39. The van der Waals surface area contributed by atoms with Crippen LogP contribution in [0.5, 0.6) is 0 Å². The summed E-state index contributed by atoms with van der Waals surface area (Å²) in [4.78, 5) is 11.8. The normalized spacial score (nSPS) is 11.2. The Morgan fingerprint density at radius 2 is 2.00 bits per heavy atom. The van der Waals surface area contributed by atoms with Gasteiger partial charge < -0.3 is 5.32 Å². The third-order valence-corrected chi connectivity index (χ3v) is 2.81. The van der Waals surface area contributed by atoms with Crippen molar-refractivity contribution in [2.75, 3.05) is 5.32 Å². The highest BCUT2D eigenvalue weighted by Crippen LogP contribution is 2.30. The number of rotatable bonds is 3. The highest BCUT2D eigenvalue weighted by atomic mass is 19.4. The van der Waals surface area contributed by atoms with Gasteiger partial charge in [-0.05, 0) is 31.2 Å². The summed E-state index contributed by atoms with van der Waals surface area (Å²) in [5.41, 5.74) is 0.330. The molecule has 6 heteroatoms.